The molecule has 0 saturated heterocycles. The molecule has 4 N–H and O–H groups in total. The average Bonchev–Trinajstić information content (AvgIpc) is 3.43. The van der Waals surface area contributed by atoms with Crippen LogP contribution in [0.1, 0.15) is 12.8 Å². The largest absolute Gasteiger partial charge is 0.474 e. The second-order valence-corrected chi connectivity index (χ2v) is 7.91. The van der Waals surface area contributed by atoms with Gasteiger partial charge in [-0.3, -0.25) is 14.2 Å². The maximum atomic E-state index is 11.0. The Hall–Kier alpha value is -4.15. The molecule has 11 heteroatoms. The standard InChI is InChI=1S/C21H23N9O2/c1-29-6-5-16(28-29)15-10-23-19-18(15)20(32-14-7-12(8-14)3-4-17(22)31)27-21(26-19)25-13-9-24-30(2)11-13/h3-6,9-12,14H,7-8H2,1-2H3,(H2,22,31)(H2,23,25,26,27). The molecule has 164 valence electrons. The SMILES string of the molecule is Cn1cc(Nc2nc(OC3CC(C=CC(N)=O)C3)c3c(-c4ccn(C)n4)c[nH]c3n2)cn1. The number of aromatic nitrogens is 7. The van der Waals surface area contributed by atoms with E-state index >= 15 is 0 Å². The first-order valence-electron chi connectivity index (χ1n) is 10.2. The van der Waals surface area contributed by atoms with Gasteiger partial charge in [-0.2, -0.15) is 20.2 Å². The van der Waals surface area contributed by atoms with E-state index in [1.165, 1.54) is 6.08 Å². The number of aromatic amines is 1. The van der Waals surface area contributed by atoms with Crippen LogP contribution in [-0.2, 0) is 18.9 Å². The number of aryl methyl sites for hydroxylation is 2. The molecule has 32 heavy (non-hydrogen) atoms. The second kappa shape index (κ2) is 7.84. The highest BCUT2D eigenvalue weighted by Crippen LogP contribution is 2.38. The van der Waals surface area contributed by atoms with Gasteiger partial charge >= 0.3 is 0 Å². The van der Waals surface area contributed by atoms with Gasteiger partial charge < -0.3 is 20.8 Å². The minimum Gasteiger partial charge on any atom is -0.474 e. The average molecular weight is 433 g/mol. The van der Waals surface area contributed by atoms with Crippen molar-refractivity contribution in [2.24, 2.45) is 25.7 Å². The van der Waals surface area contributed by atoms with Crippen LogP contribution in [-0.4, -0.2) is 46.5 Å². The van der Waals surface area contributed by atoms with Crippen molar-refractivity contribution in [3.63, 3.8) is 0 Å². The molecular formula is C21H23N9O2. The normalized spacial score (nSPS) is 18.2. The summed E-state index contributed by atoms with van der Waals surface area (Å²) in [5, 5.41) is 12.6. The van der Waals surface area contributed by atoms with Crippen molar-refractivity contribution < 1.29 is 9.53 Å². The summed E-state index contributed by atoms with van der Waals surface area (Å²) in [5.41, 5.74) is 8.27. The first-order valence-corrected chi connectivity index (χ1v) is 10.2. The van der Waals surface area contributed by atoms with Gasteiger partial charge in [0, 0.05) is 38.2 Å². The van der Waals surface area contributed by atoms with Crippen LogP contribution < -0.4 is 15.8 Å². The molecule has 5 rings (SSSR count). The summed E-state index contributed by atoms with van der Waals surface area (Å²) >= 11 is 0. The van der Waals surface area contributed by atoms with E-state index in [2.05, 4.69) is 30.5 Å². The van der Waals surface area contributed by atoms with Crippen LogP contribution in [0.25, 0.3) is 22.3 Å². The number of carbonyl (C=O) groups excluding carboxylic acids is 1. The van der Waals surface area contributed by atoms with E-state index in [-0.39, 0.29) is 12.0 Å². The van der Waals surface area contributed by atoms with Gasteiger partial charge in [-0.05, 0) is 30.9 Å². The maximum Gasteiger partial charge on any atom is 0.241 e. The van der Waals surface area contributed by atoms with Crippen molar-refractivity contribution in [1.82, 2.24) is 34.5 Å². The van der Waals surface area contributed by atoms with Gasteiger partial charge in [-0.15, -0.1) is 0 Å². The summed E-state index contributed by atoms with van der Waals surface area (Å²) < 4.78 is 9.74. The molecule has 4 aromatic rings. The van der Waals surface area contributed by atoms with Gasteiger partial charge in [-0.1, -0.05) is 6.08 Å². The van der Waals surface area contributed by atoms with Crippen LogP contribution >= 0.6 is 0 Å². The van der Waals surface area contributed by atoms with E-state index in [4.69, 9.17) is 10.5 Å². The Kier molecular flexibility index (Phi) is 4.85. The number of nitrogens with zero attached hydrogens (tertiary/aromatic N) is 6. The molecule has 0 aromatic carbocycles. The number of amides is 1. The number of hydrogen-bond donors (Lipinski definition) is 3. The van der Waals surface area contributed by atoms with Gasteiger partial charge in [0.1, 0.15) is 11.8 Å². The Bertz CT molecular complexity index is 1310. The van der Waals surface area contributed by atoms with E-state index in [0.717, 1.165) is 35.2 Å². The number of allylic oxidation sites excluding steroid dienone is 1. The van der Waals surface area contributed by atoms with Gasteiger partial charge in [0.25, 0.3) is 0 Å². The first-order chi connectivity index (χ1) is 15.4. The lowest BCUT2D eigenvalue weighted by molar-refractivity contribution is -0.113. The number of nitrogens with one attached hydrogen (secondary N) is 2. The molecule has 0 spiro atoms. The van der Waals surface area contributed by atoms with E-state index in [1.54, 1.807) is 15.6 Å². The fourth-order valence-corrected chi connectivity index (χ4v) is 3.77. The highest BCUT2D eigenvalue weighted by Gasteiger charge is 2.31. The fourth-order valence-electron chi connectivity index (χ4n) is 3.77. The predicted octanol–water partition coefficient (Wildman–Crippen LogP) is 2.03. The smallest absolute Gasteiger partial charge is 0.241 e. The fraction of sp³-hybridized carbons (Fsp3) is 0.286. The van der Waals surface area contributed by atoms with Crippen molar-refractivity contribution in [1.29, 1.82) is 0 Å². The zero-order valence-electron chi connectivity index (χ0n) is 17.7. The van der Waals surface area contributed by atoms with Crippen molar-refractivity contribution in [2.45, 2.75) is 18.9 Å². The van der Waals surface area contributed by atoms with Crippen LogP contribution in [0.15, 0.2) is 43.0 Å². The third-order valence-corrected chi connectivity index (χ3v) is 5.39. The molecule has 11 nitrogen and oxygen atoms in total. The van der Waals surface area contributed by atoms with Gasteiger partial charge in [0.2, 0.25) is 17.7 Å². The number of anilines is 2. The van der Waals surface area contributed by atoms with Crippen molar-refractivity contribution in [3.05, 3.63) is 43.0 Å². The Morgan fingerprint density at radius 1 is 1.31 bits per heavy atom. The lowest BCUT2D eigenvalue weighted by Gasteiger charge is -2.33. The number of rotatable bonds is 7. The zero-order valence-corrected chi connectivity index (χ0v) is 17.7. The highest BCUT2D eigenvalue weighted by molar-refractivity contribution is 5.97. The van der Waals surface area contributed by atoms with Crippen LogP contribution in [0.5, 0.6) is 5.88 Å². The van der Waals surface area contributed by atoms with E-state index in [1.807, 2.05) is 44.8 Å². The van der Waals surface area contributed by atoms with Crippen LogP contribution in [0, 0.1) is 5.92 Å². The first kappa shape index (κ1) is 19.8. The van der Waals surface area contributed by atoms with Crippen LogP contribution in [0.4, 0.5) is 11.6 Å². The molecule has 0 aliphatic heterocycles. The number of nitrogens with two attached hydrogens (primary N) is 1. The molecule has 0 atom stereocenters. The van der Waals surface area contributed by atoms with Gasteiger partial charge in [-0.25, -0.2) is 0 Å². The maximum absolute atomic E-state index is 11.0. The van der Waals surface area contributed by atoms with Crippen LogP contribution in [0.3, 0.4) is 0 Å². The molecular weight excluding hydrogens is 410 g/mol. The molecule has 0 bridgehead atoms. The second-order valence-electron chi connectivity index (χ2n) is 7.91. The summed E-state index contributed by atoms with van der Waals surface area (Å²) in [6.45, 7) is 0. The Labute approximate surface area is 183 Å². The van der Waals surface area contributed by atoms with Crippen LogP contribution in [0.2, 0.25) is 0 Å². The van der Waals surface area contributed by atoms with Gasteiger partial charge in [0.05, 0.1) is 23.0 Å². The molecule has 1 saturated carbocycles. The lowest BCUT2D eigenvalue weighted by atomic mass is 9.82. The third kappa shape index (κ3) is 3.92. The molecule has 1 fully saturated rings. The summed E-state index contributed by atoms with van der Waals surface area (Å²) in [6.07, 6.45) is 12.1. The predicted molar refractivity (Wildman–Crippen MR) is 118 cm³/mol. The number of hydrogen-bond acceptors (Lipinski definition) is 7. The number of primary amides is 1. The summed E-state index contributed by atoms with van der Waals surface area (Å²) in [6, 6.07) is 1.93. The molecule has 1 amide bonds. The van der Waals surface area contributed by atoms with Gasteiger partial charge in [0.15, 0.2) is 0 Å². The molecule has 0 radical (unpaired) electrons. The molecule has 4 heterocycles. The third-order valence-electron chi connectivity index (χ3n) is 5.39. The summed E-state index contributed by atoms with van der Waals surface area (Å²) in [4.78, 5) is 23.5. The highest BCUT2D eigenvalue weighted by atomic mass is 16.5. The number of H-pyrrole nitrogens is 1. The number of fused-ring (bicyclic) bond motifs is 1. The van der Waals surface area contributed by atoms with E-state index in [9.17, 15) is 4.79 Å². The topological polar surface area (TPSA) is 142 Å². The number of ether oxygens (including phenoxy) is 1. The molecule has 1 aliphatic carbocycles. The Morgan fingerprint density at radius 2 is 2.16 bits per heavy atom. The molecule has 4 aromatic heterocycles. The van der Waals surface area contributed by atoms with E-state index in [0.29, 0.717) is 17.5 Å². The molecule has 0 unspecified atom stereocenters. The minimum atomic E-state index is -0.440. The number of carbonyl (C=O) groups is 1. The summed E-state index contributed by atoms with van der Waals surface area (Å²) in [7, 11) is 3.71. The van der Waals surface area contributed by atoms with Crippen molar-refractivity contribution in [3.8, 4) is 17.1 Å². The minimum absolute atomic E-state index is 0.0200. The van der Waals surface area contributed by atoms with E-state index < -0.39 is 5.91 Å². The van der Waals surface area contributed by atoms with Crippen molar-refractivity contribution >= 4 is 28.6 Å². The lowest BCUT2D eigenvalue weighted by Crippen LogP contribution is -2.33. The van der Waals surface area contributed by atoms with Crippen molar-refractivity contribution in [2.75, 3.05) is 5.32 Å². The Balaban J connectivity index is 1.47. The Morgan fingerprint density at radius 3 is 2.84 bits per heavy atom. The quantitative estimate of drug-likeness (QED) is 0.379. The zero-order chi connectivity index (χ0) is 22.2. The monoisotopic (exact) mass is 433 g/mol. The summed E-state index contributed by atoms with van der Waals surface area (Å²) in [5.74, 6) is 0.703. The molecule has 1 aliphatic rings.